The van der Waals surface area contributed by atoms with E-state index in [-0.39, 0.29) is 11.6 Å². The van der Waals surface area contributed by atoms with Gasteiger partial charge in [0.25, 0.3) is 0 Å². The van der Waals surface area contributed by atoms with Gasteiger partial charge in [-0.1, -0.05) is 12.1 Å². The lowest BCUT2D eigenvalue weighted by Crippen LogP contribution is -2.44. The van der Waals surface area contributed by atoms with Crippen molar-refractivity contribution >= 4 is 23.3 Å². The van der Waals surface area contributed by atoms with Gasteiger partial charge in [-0.3, -0.25) is 0 Å². The van der Waals surface area contributed by atoms with Crippen LogP contribution in [-0.2, 0) is 19.4 Å². The van der Waals surface area contributed by atoms with Gasteiger partial charge in [-0.05, 0) is 56.2 Å². The zero-order valence-corrected chi connectivity index (χ0v) is 16.6. The normalized spacial score (nSPS) is 19.1. The summed E-state index contributed by atoms with van der Waals surface area (Å²) in [6.07, 6.45) is 6.85. The Hall–Kier alpha value is -2.41. The Morgan fingerprint density at radius 2 is 1.96 bits per heavy atom. The lowest BCUT2D eigenvalue weighted by Gasteiger charge is -2.31. The standard InChI is InChI=1S/C21H25N3O3S/c25-20(26)15-9-7-14(8-10-15)12-22-21(27)24-11-3-4-16(13-24)19-23-17-5-1-2-6-18(17)28-19/h7-10,16H,1-6,11-13H2,(H,22,27)(H,25,26). The van der Waals surface area contributed by atoms with Gasteiger partial charge in [-0.15, -0.1) is 11.3 Å². The largest absolute Gasteiger partial charge is 0.478 e. The van der Waals surface area contributed by atoms with E-state index in [1.165, 1.54) is 28.4 Å². The molecule has 148 valence electrons. The molecular weight excluding hydrogens is 374 g/mol. The molecule has 28 heavy (non-hydrogen) atoms. The van der Waals surface area contributed by atoms with Crippen LogP contribution < -0.4 is 5.32 Å². The fourth-order valence-corrected chi connectivity index (χ4v) is 5.24. The summed E-state index contributed by atoms with van der Waals surface area (Å²) in [5.41, 5.74) is 2.43. The molecule has 2 amide bonds. The number of nitrogens with zero attached hydrogens (tertiary/aromatic N) is 2. The van der Waals surface area contributed by atoms with Crippen molar-refractivity contribution in [1.29, 1.82) is 0 Å². The van der Waals surface area contributed by atoms with Crippen LogP contribution in [-0.4, -0.2) is 40.1 Å². The first-order valence-electron chi connectivity index (χ1n) is 9.93. The maximum atomic E-state index is 12.6. The van der Waals surface area contributed by atoms with Crippen LogP contribution in [0, 0.1) is 0 Å². The zero-order chi connectivity index (χ0) is 19.5. The third kappa shape index (κ3) is 4.19. The van der Waals surface area contributed by atoms with Crippen LogP contribution in [0.5, 0.6) is 0 Å². The molecule has 2 N–H and O–H groups in total. The Labute approximate surface area is 168 Å². The van der Waals surface area contributed by atoms with Crippen LogP contribution in [0.3, 0.4) is 0 Å². The zero-order valence-electron chi connectivity index (χ0n) is 15.8. The molecular formula is C21H25N3O3S. The van der Waals surface area contributed by atoms with Gasteiger partial charge in [0.15, 0.2) is 0 Å². The van der Waals surface area contributed by atoms with Crippen molar-refractivity contribution in [2.75, 3.05) is 13.1 Å². The van der Waals surface area contributed by atoms with Crippen LogP contribution in [0.2, 0.25) is 0 Å². The molecule has 7 heteroatoms. The van der Waals surface area contributed by atoms with E-state index in [1.54, 1.807) is 24.3 Å². The number of nitrogens with one attached hydrogen (secondary N) is 1. The molecule has 1 unspecified atom stereocenters. The van der Waals surface area contributed by atoms with Gasteiger partial charge in [0.1, 0.15) is 0 Å². The number of thiazole rings is 1. The van der Waals surface area contributed by atoms with Crippen molar-refractivity contribution in [3.63, 3.8) is 0 Å². The summed E-state index contributed by atoms with van der Waals surface area (Å²) < 4.78 is 0. The van der Waals surface area contributed by atoms with E-state index in [2.05, 4.69) is 5.32 Å². The Morgan fingerprint density at radius 1 is 1.18 bits per heavy atom. The number of aryl methyl sites for hydroxylation is 2. The van der Waals surface area contributed by atoms with Crippen molar-refractivity contribution in [2.24, 2.45) is 0 Å². The molecule has 1 aromatic heterocycles. The monoisotopic (exact) mass is 399 g/mol. The van der Waals surface area contributed by atoms with Crippen molar-refractivity contribution in [2.45, 2.75) is 51.0 Å². The molecule has 1 aliphatic carbocycles. The number of carbonyl (C=O) groups excluding carboxylic acids is 1. The van der Waals surface area contributed by atoms with Crippen LogP contribution in [0.15, 0.2) is 24.3 Å². The maximum absolute atomic E-state index is 12.6. The first kappa shape index (κ1) is 18.9. The fourth-order valence-electron chi connectivity index (χ4n) is 3.96. The number of fused-ring (bicyclic) bond motifs is 1. The van der Waals surface area contributed by atoms with E-state index in [1.807, 2.05) is 16.2 Å². The second kappa shape index (κ2) is 8.31. The van der Waals surface area contributed by atoms with Gasteiger partial charge in [-0.2, -0.15) is 0 Å². The lowest BCUT2D eigenvalue weighted by atomic mass is 9.98. The van der Waals surface area contributed by atoms with Crippen LogP contribution in [0.25, 0.3) is 0 Å². The number of amides is 2. The smallest absolute Gasteiger partial charge is 0.335 e. The summed E-state index contributed by atoms with van der Waals surface area (Å²) in [6.45, 7) is 1.88. The first-order chi connectivity index (χ1) is 13.6. The number of benzene rings is 1. The number of urea groups is 1. The van der Waals surface area contributed by atoms with E-state index in [0.717, 1.165) is 44.3 Å². The molecule has 1 aliphatic heterocycles. The summed E-state index contributed by atoms with van der Waals surface area (Å²) in [7, 11) is 0. The summed E-state index contributed by atoms with van der Waals surface area (Å²) >= 11 is 1.85. The molecule has 2 aliphatic rings. The Morgan fingerprint density at radius 3 is 2.71 bits per heavy atom. The second-order valence-corrected chi connectivity index (χ2v) is 8.69. The highest BCUT2D eigenvalue weighted by Crippen LogP contribution is 2.34. The second-order valence-electron chi connectivity index (χ2n) is 7.58. The number of carbonyl (C=O) groups is 2. The highest BCUT2D eigenvalue weighted by Gasteiger charge is 2.28. The number of aromatic nitrogens is 1. The van der Waals surface area contributed by atoms with Gasteiger partial charge in [-0.25, -0.2) is 14.6 Å². The van der Waals surface area contributed by atoms with Gasteiger partial charge in [0.05, 0.1) is 16.3 Å². The predicted molar refractivity (Wildman–Crippen MR) is 108 cm³/mol. The number of hydrogen-bond donors (Lipinski definition) is 2. The first-order valence-corrected chi connectivity index (χ1v) is 10.8. The highest BCUT2D eigenvalue weighted by molar-refractivity contribution is 7.11. The molecule has 2 heterocycles. The van der Waals surface area contributed by atoms with Crippen molar-refractivity contribution in [3.05, 3.63) is 51.0 Å². The van der Waals surface area contributed by atoms with E-state index in [0.29, 0.717) is 12.5 Å². The van der Waals surface area contributed by atoms with Gasteiger partial charge >= 0.3 is 12.0 Å². The van der Waals surface area contributed by atoms with E-state index in [9.17, 15) is 9.59 Å². The predicted octanol–water partition coefficient (Wildman–Crippen LogP) is 3.81. The topological polar surface area (TPSA) is 82.5 Å². The number of piperidine rings is 1. The third-order valence-electron chi connectivity index (χ3n) is 5.56. The van der Waals surface area contributed by atoms with Gasteiger partial charge < -0.3 is 15.3 Å². The van der Waals surface area contributed by atoms with Gasteiger partial charge in [0, 0.05) is 30.4 Å². The molecule has 1 saturated heterocycles. The average molecular weight is 400 g/mol. The van der Waals surface area contributed by atoms with Crippen LogP contribution in [0.1, 0.15) is 63.1 Å². The number of hydrogen-bond acceptors (Lipinski definition) is 4. The summed E-state index contributed by atoms with van der Waals surface area (Å²) in [4.78, 5) is 31.8. The van der Waals surface area contributed by atoms with Crippen molar-refractivity contribution in [3.8, 4) is 0 Å². The minimum atomic E-state index is -0.946. The molecule has 0 saturated carbocycles. The number of aromatic carboxylic acids is 1. The average Bonchev–Trinajstić information content (AvgIpc) is 3.17. The molecule has 4 rings (SSSR count). The molecule has 1 fully saturated rings. The number of carboxylic acid groups (broad SMARTS) is 1. The summed E-state index contributed by atoms with van der Waals surface area (Å²) in [5.74, 6) is -0.608. The van der Waals surface area contributed by atoms with E-state index < -0.39 is 5.97 Å². The molecule has 1 aromatic carbocycles. The summed E-state index contributed by atoms with van der Waals surface area (Å²) in [5, 5.41) is 13.1. The van der Waals surface area contributed by atoms with E-state index in [4.69, 9.17) is 10.1 Å². The Balaban J connectivity index is 1.34. The lowest BCUT2D eigenvalue weighted by molar-refractivity contribution is 0.0697. The minimum absolute atomic E-state index is 0.0617. The third-order valence-corrected chi connectivity index (χ3v) is 6.88. The van der Waals surface area contributed by atoms with Gasteiger partial charge in [0.2, 0.25) is 0 Å². The highest BCUT2D eigenvalue weighted by atomic mass is 32.1. The number of likely N-dealkylation sites (tertiary alicyclic amines) is 1. The van der Waals surface area contributed by atoms with Crippen molar-refractivity contribution in [1.82, 2.24) is 15.2 Å². The summed E-state index contributed by atoms with van der Waals surface area (Å²) in [6, 6.07) is 6.54. The molecule has 0 radical (unpaired) electrons. The number of rotatable bonds is 4. The Bertz CT molecular complexity index is 839. The number of carboxylic acids is 1. The molecule has 0 spiro atoms. The molecule has 2 aromatic rings. The fraction of sp³-hybridized carbons (Fsp3) is 0.476. The van der Waals surface area contributed by atoms with Crippen LogP contribution in [0.4, 0.5) is 4.79 Å². The van der Waals surface area contributed by atoms with E-state index >= 15 is 0 Å². The molecule has 1 atom stereocenters. The minimum Gasteiger partial charge on any atom is -0.478 e. The molecule has 6 nitrogen and oxygen atoms in total. The SMILES string of the molecule is O=C(O)c1ccc(CNC(=O)N2CCCC(c3nc4c(s3)CCCC4)C2)cc1. The quantitative estimate of drug-likeness (QED) is 0.819. The van der Waals surface area contributed by atoms with Crippen molar-refractivity contribution < 1.29 is 14.7 Å². The molecule has 0 bridgehead atoms. The van der Waals surface area contributed by atoms with Crippen LogP contribution >= 0.6 is 11.3 Å². The maximum Gasteiger partial charge on any atom is 0.335 e. The Kier molecular flexibility index (Phi) is 5.62.